The van der Waals surface area contributed by atoms with Crippen molar-refractivity contribution in [1.82, 2.24) is 0 Å². The molecule has 0 aromatic heterocycles. The Labute approximate surface area is 191 Å². The molecule has 0 saturated carbocycles. The highest BCUT2D eigenvalue weighted by atomic mass is 16.6. The van der Waals surface area contributed by atoms with Crippen molar-refractivity contribution in [3.63, 3.8) is 0 Å². The van der Waals surface area contributed by atoms with Gasteiger partial charge in [0.05, 0.1) is 32.5 Å². The van der Waals surface area contributed by atoms with Gasteiger partial charge in [-0.25, -0.2) is 0 Å². The lowest BCUT2D eigenvalue weighted by molar-refractivity contribution is -0.144. The van der Waals surface area contributed by atoms with Crippen LogP contribution in [-0.2, 0) is 38.8 Å². The van der Waals surface area contributed by atoms with E-state index in [0.29, 0.717) is 26.4 Å². The van der Waals surface area contributed by atoms with Gasteiger partial charge < -0.3 is 18.9 Å². The fraction of sp³-hybridized carbons (Fsp3) is 0.357. The van der Waals surface area contributed by atoms with Crippen molar-refractivity contribution in [1.29, 1.82) is 0 Å². The maximum Gasteiger partial charge on any atom is 0.120 e. The standard InChI is InChI=1S/C28H32O4/c1-22-28(2,31-20-25-16-10-5-11-17-25)27(30-19-24-14-8-4-9-15-24)26(32-22)21-29-18-23-12-6-3-7-13-23/h3-17,22,26-27H,18-21H2,1-2H3/t22?,26-,27-,28+/m1/s1. The number of benzene rings is 3. The molecule has 1 unspecified atom stereocenters. The SMILES string of the molecule is CC1O[C@H](COCc2ccccc2)[C@@H](OCc2ccccc2)[C@@]1(C)OCc1ccccc1. The van der Waals surface area contributed by atoms with E-state index in [1.807, 2.05) is 54.6 Å². The molecule has 0 spiro atoms. The summed E-state index contributed by atoms with van der Waals surface area (Å²) in [6.45, 7) is 6.15. The van der Waals surface area contributed by atoms with Crippen LogP contribution in [0.4, 0.5) is 0 Å². The van der Waals surface area contributed by atoms with Gasteiger partial charge in [0.1, 0.15) is 17.8 Å². The van der Waals surface area contributed by atoms with Crippen molar-refractivity contribution in [2.24, 2.45) is 0 Å². The second kappa shape index (κ2) is 10.9. The summed E-state index contributed by atoms with van der Waals surface area (Å²) in [5, 5.41) is 0. The quantitative estimate of drug-likeness (QED) is 0.421. The lowest BCUT2D eigenvalue weighted by Crippen LogP contribution is -2.49. The first-order valence-electron chi connectivity index (χ1n) is 11.3. The van der Waals surface area contributed by atoms with E-state index in [4.69, 9.17) is 18.9 Å². The smallest absolute Gasteiger partial charge is 0.120 e. The zero-order valence-electron chi connectivity index (χ0n) is 18.9. The van der Waals surface area contributed by atoms with Crippen LogP contribution in [0.5, 0.6) is 0 Å². The van der Waals surface area contributed by atoms with E-state index in [1.165, 1.54) is 0 Å². The molecular formula is C28H32O4. The minimum atomic E-state index is -0.592. The van der Waals surface area contributed by atoms with Crippen LogP contribution in [0.3, 0.4) is 0 Å². The van der Waals surface area contributed by atoms with Crippen LogP contribution in [0.2, 0.25) is 0 Å². The van der Waals surface area contributed by atoms with E-state index in [-0.39, 0.29) is 18.3 Å². The molecule has 0 aliphatic carbocycles. The van der Waals surface area contributed by atoms with Crippen molar-refractivity contribution < 1.29 is 18.9 Å². The summed E-state index contributed by atoms with van der Waals surface area (Å²) in [4.78, 5) is 0. The molecule has 168 valence electrons. The van der Waals surface area contributed by atoms with Gasteiger partial charge >= 0.3 is 0 Å². The summed E-state index contributed by atoms with van der Waals surface area (Å²) in [6, 6.07) is 30.6. The Bertz CT molecular complexity index is 931. The van der Waals surface area contributed by atoms with Gasteiger partial charge in [0.15, 0.2) is 0 Å². The van der Waals surface area contributed by atoms with Gasteiger partial charge in [0.2, 0.25) is 0 Å². The second-order valence-electron chi connectivity index (χ2n) is 8.49. The fourth-order valence-electron chi connectivity index (χ4n) is 4.11. The monoisotopic (exact) mass is 432 g/mol. The first kappa shape index (κ1) is 22.7. The minimum absolute atomic E-state index is 0.127. The zero-order chi connectivity index (χ0) is 22.2. The van der Waals surface area contributed by atoms with Crippen molar-refractivity contribution >= 4 is 0 Å². The topological polar surface area (TPSA) is 36.9 Å². The Morgan fingerprint density at radius 3 is 1.78 bits per heavy atom. The Hall–Kier alpha value is -2.50. The second-order valence-corrected chi connectivity index (χ2v) is 8.49. The van der Waals surface area contributed by atoms with Crippen LogP contribution in [-0.4, -0.2) is 30.5 Å². The number of hydrogen-bond acceptors (Lipinski definition) is 4. The van der Waals surface area contributed by atoms with Crippen LogP contribution < -0.4 is 0 Å². The van der Waals surface area contributed by atoms with Crippen LogP contribution >= 0.6 is 0 Å². The molecule has 0 amide bonds. The van der Waals surface area contributed by atoms with E-state index in [9.17, 15) is 0 Å². The zero-order valence-corrected chi connectivity index (χ0v) is 18.9. The molecule has 32 heavy (non-hydrogen) atoms. The van der Waals surface area contributed by atoms with Crippen molar-refractivity contribution in [3.05, 3.63) is 108 Å². The van der Waals surface area contributed by atoms with E-state index < -0.39 is 5.60 Å². The Kier molecular flexibility index (Phi) is 7.72. The third kappa shape index (κ3) is 5.64. The molecular weight excluding hydrogens is 400 g/mol. The predicted molar refractivity (Wildman–Crippen MR) is 125 cm³/mol. The average Bonchev–Trinajstić information content (AvgIpc) is 3.07. The van der Waals surface area contributed by atoms with Crippen molar-refractivity contribution in [2.75, 3.05) is 6.61 Å². The van der Waals surface area contributed by atoms with Gasteiger partial charge in [-0.1, -0.05) is 91.0 Å². The van der Waals surface area contributed by atoms with E-state index in [2.05, 4.69) is 50.2 Å². The first-order chi connectivity index (χ1) is 15.6. The maximum absolute atomic E-state index is 6.48. The summed E-state index contributed by atoms with van der Waals surface area (Å²) in [6.07, 6.45) is -0.590. The van der Waals surface area contributed by atoms with Gasteiger partial charge in [-0.15, -0.1) is 0 Å². The molecule has 1 aliphatic rings. The van der Waals surface area contributed by atoms with Crippen LogP contribution in [0.25, 0.3) is 0 Å². The van der Waals surface area contributed by atoms with E-state index in [0.717, 1.165) is 16.7 Å². The van der Waals surface area contributed by atoms with Gasteiger partial charge in [-0.05, 0) is 30.5 Å². The number of hydrogen-bond donors (Lipinski definition) is 0. The van der Waals surface area contributed by atoms with Crippen LogP contribution in [0.15, 0.2) is 91.0 Å². The van der Waals surface area contributed by atoms with Crippen molar-refractivity contribution in [3.8, 4) is 0 Å². The highest BCUT2D eigenvalue weighted by Crippen LogP contribution is 2.38. The largest absolute Gasteiger partial charge is 0.374 e. The van der Waals surface area contributed by atoms with Gasteiger partial charge in [0.25, 0.3) is 0 Å². The van der Waals surface area contributed by atoms with Crippen molar-refractivity contribution in [2.45, 2.75) is 57.6 Å². The van der Waals surface area contributed by atoms with E-state index in [1.54, 1.807) is 0 Å². The lowest BCUT2D eigenvalue weighted by Gasteiger charge is -2.34. The summed E-state index contributed by atoms with van der Waals surface area (Å²) >= 11 is 0. The molecule has 0 bridgehead atoms. The van der Waals surface area contributed by atoms with Gasteiger partial charge in [-0.3, -0.25) is 0 Å². The Morgan fingerprint density at radius 1 is 0.719 bits per heavy atom. The molecule has 0 N–H and O–H groups in total. The minimum Gasteiger partial charge on any atom is -0.374 e. The number of ether oxygens (including phenoxy) is 4. The third-order valence-corrected chi connectivity index (χ3v) is 6.15. The van der Waals surface area contributed by atoms with Crippen LogP contribution in [0.1, 0.15) is 30.5 Å². The summed E-state index contributed by atoms with van der Waals surface area (Å²) in [7, 11) is 0. The fourth-order valence-corrected chi connectivity index (χ4v) is 4.11. The normalized spacial score (nSPS) is 25.1. The molecule has 1 saturated heterocycles. The summed E-state index contributed by atoms with van der Waals surface area (Å²) in [5.74, 6) is 0. The van der Waals surface area contributed by atoms with E-state index >= 15 is 0 Å². The molecule has 1 heterocycles. The van der Waals surface area contributed by atoms with Gasteiger partial charge in [-0.2, -0.15) is 0 Å². The Morgan fingerprint density at radius 2 is 1.22 bits per heavy atom. The third-order valence-electron chi connectivity index (χ3n) is 6.15. The average molecular weight is 433 g/mol. The maximum atomic E-state index is 6.48. The molecule has 4 atom stereocenters. The Balaban J connectivity index is 1.45. The predicted octanol–water partition coefficient (Wildman–Crippen LogP) is 5.55. The molecule has 4 nitrogen and oxygen atoms in total. The van der Waals surface area contributed by atoms with Gasteiger partial charge in [0, 0.05) is 0 Å². The highest BCUT2D eigenvalue weighted by molar-refractivity contribution is 5.16. The summed E-state index contributed by atoms with van der Waals surface area (Å²) < 4.78 is 25.3. The molecule has 3 aromatic carbocycles. The molecule has 0 radical (unpaired) electrons. The van der Waals surface area contributed by atoms with Crippen LogP contribution in [0, 0.1) is 0 Å². The molecule has 1 aliphatic heterocycles. The molecule has 1 fully saturated rings. The molecule has 3 aromatic rings. The summed E-state index contributed by atoms with van der Waals surface area (Å²) in [5.41, 5.74) is 2.81. The number of rotatable bonds is 10. The highest BCUT2D eigenvalue weighted by Gasteiger charge is 2.53. The molecule has 4 heteroatoms. The molecule has 4 rings (SSSR count). The first-order valence-corrected chi connectivity index (χ1v) is 11.3. The lowest BCUT2D eigenvalue weighted by atomic mass is 9.92.